The molecular formula is C37H55ClN6O6. The Bertz CT molecular complexity index is 1390. The van der Waals surface area contributed by atoms with Gasteiger partial charge in [0.15, 0.2) is 0 Å². The van der Waals surface area contributed by atoms with E-state index in [9.17, 15) is 14.4 Å². The molecule has 2 heterocycles. The van der Waals surface area contributed by atoms with Gasteiger partial charge in [-0.05, 0) is 69.0 Å². The van der Waals surface area contributed by atoms with Crippen molar-refractivity contribution in [1.82, 2.24) is 24.9 Å². The number of likely N-dealkylation sites (tertiary alicyclic amines) is 1. The smallest absolute Gasteiger partial charge is 0.410 e. The van der Waals surface area contributed by atoms with Gasteiger partial charge in [-0.1, -0.05) is 36.4 Å². The fourth-order valence-corrected chi connectivity index (χ4v) is 6.00. The van der Waals surface area contributed by atoms with Crippen LogP contribution >= 0.6 is 11.6 Å². The molecule has 1 N–H and O–H groups in total. The maximum Gasteiger partial charge on any atom is 0.410 e. The van der Waals surface area contributed by atoms with E-state index in [4.69, 9.17) is 25.8 Å². The summed E-state index contributed by atoms with van der Waals surface area (Å²) in [7, 11) is 5.22. The highest BCUT2D eigenvalue weighted by Gasteiger charge is 2.33. The number of hydrogen-bond donors (Lipinski definition) is 1. The molecule has 0 aliphatic carbocycles. The summed E-state index contributed by atoms with van der Waals surface area (Å²) in [5.41, 5.74) is 1.95. The first-order valence-electron chi connectivity index (χ1n) is 17.1. The van der Waals surface area contributed by atoms with E-state index in [1.807, 2.05) is 71.0 Å². The molecule has 2 atom stereocenters. The quantitative estimate of drug-likeness (QED) is 0.156. The van der Waals surface area contributed by atoms with Crippen LogP contribution in [-0.2, 0) is 19.0 Å². The molecule has 12 nitrogen and oxygen atoms in total. The molecule has 1 aromatic carbocycles. The molecule has 13 heteroatoms. The van der Waals surface area contributed by atoms with E-state index in [-0.39, 0.29) is 36.8 Å². The van der Waals surface area contributed by atoms with E-state index in [0.29, 0.717) is 62.7 Å². The van der Waals surface area contributed by atoms with Gasteiger partial charge in [-0.2, -0.15) is 0 Å². The van der Waals surface area contributed by atoms with Crippen LogP contribution in [0, 0.1) is 0 Å². The Balaban J connectivity index is 1.73. The van der Waals surface area contributed by atoms with Crippen LogP contribution in [0.25, 0.3) is 5.57 Å². The first-order chi connectivity index (χ1) is 23.7. The van der Waals surface area contributed by atoms with Crippen LogP contribution < -0.4 is 5.32 Å². The zero-order chi connectivity index (χ0) is 36.8. The summed E-state index contributed by atoms with van der Waals surface area (Å²) in [5, 5.41) is 3.54. The SMILES string of the molecule is C=C(c1cc(Cl)ccc1C(C/C=C\C)N1CCN(C(=O)OC2CCN(C(=O)OC(C)(C)C)CC2)CC1)C(/C=C/N=CN(C)C)NC(=O)COC. The summed E-state index contributed by atoms with van der Waals surface area (Å²) < 4.78 is 16.4. The fraction of sp³-hybridized carbons (Fsp3) is 0.568. The van der Waals surface area contributed by atoms with Crippen molar-refractivity contribution in [2.24, 2.45) is 4.99 Å². The topological polar surface area (TPSA) is 116 Å². The summed E-state index contributed by atoms with van der Waals surface area (Å²) in [6.45, 7) is 15.1. The second-order valence-electron chi connectivity index (χ2n) is 13.7. The van der Waals surface area contributed by atoms with Crippen molar-refractivity contribution in [3.63, 3.8) is 0 Å². The molecule has 2 aliphatic rings. The predicted molar refractivity (Wildman–Crippen MR) is 198 cm³/mol. The molecule has 2 saturated heterocycles. The van der Waals surface area contributed by atoms with E-state index < -0.39 is 11.6 Å². The molecule has 2 unspecified atom stereocenters. The lowest BCUT2D eigenvalue weighted by Gasteiger charge is -2.40. The molecule has 0 aromatic heterocycles. The third-order valence-electron chi connectivity index (χ3n) is 8.32. The third-order valence-corrected chi connectivity index (χ3v) is 8.55. The average molecular weight is 715 g/mol. The lowest BCUT2D eigenvalue weighted by atomic mass is 9.89. The van der Waals surface area contributed by atoms with Gasteiger partial charge in [0, 0.05) is 90.6 Å². The Labute approximate surface area is 302 Å². The first-order valence-corrected chi connectivity index (χ1v) is 17.5. The highest BCUT2D eigenvalue weighted by molar-refractivity contribution is 6.30. The van der Waals surface area contributed by atoms with Crippen molar-refractivity contribution in [1.29, 1.82) is 0 Å². The molecule has 2 aliphatic heterocycles. The van der Waals surface area contributed by atoms with Gasteiger partial charge in [0.05, 0.1) is 12.4 Å². The molecule has 0 saturated carbocycles. The standard InChI is InChI=1S/C37H55ClN6O6/c1-9-10-11-33(30-13-12-28(38)24-31(30)27(2)32(40-34(45)25-48-8)14-17-39-26-41(6)7)42-20-22-44(23-21-42)35(46)49-29-15-18-43(19-16-29)36(47)50-37(3,4)5/h9-10,12-14,17,24,26,29,32-33H,2,11,15-16,18-23,25H2,1,3-8H3,(H,40,45)/b10-9-,17-14+,39-26?. The molecule has 276 valence electrons. The number of benzene rings is 1. The number of hydrogen-bond acceptors (Lipinski definition) is 8. The molecule has 2 fully saturated rings. The van der Waals surface area contributed by atoms with E-state index >= 15 is 0 Å². The van der Waals surface area contributed by atoms with Gasteiger partial charge in [-0.15, -0.1) is 0 Å². The lowest BCUT2D eigenvalue weighted by Crippen LogP contribution is -2.51. The summed E-state index contributed by atoms with van der Waals surface area (Å²) in [6, 6.07) is 5.16. The minimum Gasteiger partial charge on any atom is -0.446 e. The summed E-state index contributed by atoms with van der Waals surface area (Å²) in [5.74, 6) is -0.287. The van der Waals surface area contributed by atoms with Crippen LogP contribution in [0.3, 0.4) is 0 Å². The van der Waals surface area contributed by atoms with E-state index in [2.05, 4.69) is 27.9 Å². The Morgan fingerprint density at radius 2 is 1.74 bits per heavy atom. The molecule has 0 spiro atoms. The summed E-state index contributed by atoms with van der Waals surface area (Å²) in [6.07, 6.45) is 10.2. The number of rotatable bonds is 13. The number of piperazine rings is 1. The summed E-state index contributed by atoms with van der Waals surface area (Å²) in [4.78, 5) is 50.2. The van der Waals surface area contributed by atoms with Gasteiger partial charge in [-0.25, -0.2) is 14.6 Å². The van der Waals surface area contributed by atoms with Crippen LogP contribution in [0.5, 0.6) is 0 Å². The highest BCUT2D eigenvalue weighted by Crippen LogP contribution is 2.35. The largest absolute Gasteiger partial charge is 0.446 e. The number of carbonyl (C=O) groups is 3. The number of methoxy groups -OCH3 is 1. The Kier molecular flexibility index (Phi) is 15.8. The van der Waals surface area contributed by atoms with Crippen molar-refractivity contribution in [3.8, 4) is 0 Å². The Hall–Kier alpha value is -3.87. The fourth-order valence-electron chi connectivity index (χ4n) is 5.82. The highest BCUT2D eigenvalue weighted by atomic mass is 35.5. The average Bonchev–Trinajstić information content (AvgIpc) is 3.06. The second kappa shape index (κ2) is 19.5. The number of amides is 3. The number of ether oxygens (including phenoxy) is 3. The third kappa shape index (κ3) is 12.8. The van der Waals surface area contributed by atoms with Gasteiger partial charge >= 0.3 is 12.2 Å². The second-order valence-corrected chi connectivity index (χ2v) is 14.1. The van der Waals surface area contributed by atoms with Gasteiger partial charge in [0.1, 0.15) is 18.3 Å². The van der Waals surface area contributed by atoms with Gasteiger partial charge in [0.2, 0.25) is 5.91 Å². The lowest BCUT2D eigenvalue weighted by molar-refractivity contribution is -0.124. The predicted octanol–water partition coefficient (Wildman–Crippen LogP) is 5.75. The molecule has 1 aromatic rings. The maximum absolute atomic E-state index is 13.2. The van der Waals surface area contributed by atoms with Crippen LogP contribution in [0.2, 0.25) is 5.02 Å². The van der Waals surface area contributed by atoms with Gasteiger partial charge in [0.25, 0.3) is 0 Å². The zero-order valence-corrected chi connectivity index (χ0v) is 31.4. The number of nitrogens with one attached hydrogen (secondary N) is 1. The molecule has 3 amide bonds. The minimum atomic E-state index is -0.570. The number of nitrogens with zero attached hydrogens (tertiary/aromatic N) is 5. The minimum absolute atomic E-state index is 0.0448. The van der Waals surface area contributed by atoms with Crippen molar-refractivity contribution in [2.45, 2.75) is 70.7 Å². The molecular weight excluding hydrogens is 660 g/mol. The van der Waals surface area contributed by atoms with Crippen molar-refractivity contribution < 1.29 is 28.6 Å². The van der Waals surface area contributed by atoms with Crippen LogP contribution in [0.1, 0.15) is 64.1 Å². The number of aliphatic imine (C=N–C) groups is 1. The van der Waals surface area contributed by atoms with Crippen LogP contribution in [0.4, 0.5) is 9.59 Å². The van der Waals surface area contributed by atoms with Crippen molar-refractivity contribution in [3.05, 3.63) is 65.4 Å². The number of piperidine rings is 1. The molecule has 50 heavy (non-hydrogen) atoms. The van der Waals surface area contributed by atoms with Crippen LogP contribution in [-0.4, -0.2) is 129 Å². The number of carbonyl (C=O) groups excluding carboxylic acids is 3. The van der Waals surface area contributed by atoms with E-state index in [1.165, 1.54) is 7.11 Å². The summed E-state index contributed by atoms with van der Waals surface area (Å²) >= 11 is 6.55. The maximum atomic E-state index is 13.2. The molecule has 3 rings (SSSR count). The van der Waals surface area contributed by atoms with Crippen molar-refractivity contribution >= 4 is 41.6 Å². The monoisotopic (exact) mass is 714 g/mol. The van der Waals surface area contributed by atoms with Gasteiger partial charge in [-0.3, -0.25) is 9.69 Å². The number of halogens is 1. The van der Waals surface area contributed by atoms with Crippen LogP contribution in [0.15, 0.2) is 54.2 Å². The zero-order valence-electron chi connectivity index (χ0n) is 30.7. The van der Waals surface area contributed by atoms with Gasteiger partial charge < -0.3 is 34.2 Å². The first kappa shape index (κ1) is 40.6. The number of allylic oxidation sites excluding steroid dienone is 1. The van der Waals surface area contributed by atoms with E-state index in [0.717, 1.165) is 17.5 Å². The normalized spacial score (nSPS) is 17.7. The Morgan fingerprint density at radius 3 is 2.34 bits per heavy atom. The Morgan fingerprint density at radius 1 is 1.08 bits per heavy atom. The molecule has 0 bridgehead atoms. The molecule has 0 radical (unpaired) electrons. The van der Waals surface area contributed by atoms with Crippen molar-refractivity contribution in [2.75, 3.05) is 67.1 Å². The van der Waals surface area contributed by atoms with E-state index in [1.54, 1.807) is 28.4 Å².